The Bertz CT molecular complexity index is 741. The molecule has 7 nitrogen and oxygen atoms in total. The Labute approximate surface area is 184 Å². The number of halogens is 1. The molecule has 3 N–H and O–H groups in total. The Morgan fingerprint density at radius 2 is 1.97 bits per heavy atom. The molecular formula is C23H36FN3O4. The van der Waals surface area contributed by atoms with Gasteiger partial charge in [-0.1, -0.05) is 0 Å². The first-order chi connectivity index (χ1) is 14.5. The molecule has 0 aliphatic carbocycles. The topological polar surface area (TPSA) is 90.9 Å². The lowest BCUT2D eigenvalue weighted by Gasteiger charge is -2.33. The molecule has 8 heteroatoms. The van der Waals surface area contributed by atoms with Crippen molar-refractivity contribution in [2.24, 2.45) is 5.92 Å². The van der Waals surface area contributed by atoms with E-state index in [1.54, 1.807) is 17.9 Å². The molecule has 0 bridgehead atoms. The number of likely N-dealkylation sites (tertiary alicyclic amines) is 1. The number of aliphatic hydroxyl groups is 1. The van der Waals surface area contributed by atoms with Crippen molar-refractivity contribution in [3.63, 3.8) is 0 Å². The summed E-state index contributed by atoms with van der Waals surface area (Å²) in [7, 11) is 0. The lowest BCUT2D eigenvalue weighted by molar-refractivity contribution is 0.0181. The molecule has 1 saturated heterocycles. The molecule has 1 fully saturated rings. The molecule has 1 atom stereocenters. The quantitative estimate of drug-likeness (QED) is 0.539. The number of anilines is 1. The van der Waals surface area contributed by atoms with Gasteiger partial charge in [0.1, 0.15) is 11.4 Å². The molecule has 174 valence electrons. The molecule has 2 rings (SSSR count). The fourth-order valence-corrected chi connectivity index (χ4v) is 3.50. The average molecular weight is 438 g/mol. The van der Waals surface area contributed by atoms with Gasteiger partial charge in [-0.3, -0.25) is 4.79 Å². The van der Waals surface area contributed by atoms with E-state index in [-0.39, 0.29) is 18.2 Å². The monoisotopic (exact) mass is 437 g/mol. The molecule has 0 aromatic heterocycles. The number of benzene rings is 1. The summed E-state index contributed by atoms with van der Waals surface area (Å²) in [5.74, 6) is -0.567. The summed E-state index contributed by atoms with van der Waals surface area (Å²) in [5.41, 5.74) is 0.117. The van der Waals surface area contributed by atoms with E-state index in [1.165, 1.54) is 12.1 Å². The van der Waals surface area contributed by atoms with Crippen molar-refractivity contribution in [3.05, 3.63) is 29.6 Å². The molecule has 1 aromatic carbocycles. The third-order valence-electron chi connectivity index (χ3n) is 5.16. The van der Waals surface area contributed by atoms with Gasteiger partial charge in [0, 0.05) is 31.9 Å². The SMILES string of the molecule is CC(O)CNC(=O)c1ccc(NCCCC2CCN(C(=O)OC(C)(C)C)CC2)cc1F. The molecule has 1 heterocycles. The maximum Gasteiger partial charge on any atom is 0.410 e. The Morgan fingerprint density at radius 3 is 2.55 bits per heavy atom. The maximum absolute atomic E-state index is 14.2. The second kappa shape index (κ2) is 11.3. The normalized spacial score (nSPS) is 16.0. The zero-order valence-electron chi connectivity index (χ0n) is 19.0. The summed E-state index contributed by atoms with van der Waals surface area (Å²) in [4.78, 5) is 25.8. The zero-order chi connectivity index (χ0) is 23.0. The van der Waals surface area contributed by atoms with Crippen molar-refractivity contribution >= 4 is 17.7 Å². The van der Waals surface area contributed by atoms with E-state index in [0.717, 1.165) is 38.8 Å². The minimum atomic E-state index is -0.683. The number of amides is 2. The fraction of sp³-hybridized carbons (Fsp3) is 0.652. The molecule has 1 aliphatic rings. The summed E-state index contributed by atoms with van der Waals surface area (Å²) >= 11 is 0. The Balaban J connectivity index is 1.68. The van der Waals surface area contributed by atoms with Crippen LogP contribution in [0.4, 0.5) is 14.9 Å². The smallest absolute Gasteiger partial charge is 0.410 e. The van der Waals surface area contributed by atoms with E-state index < -0.39 is 23.4 Å². The number of ether oxygens (including phenoxy) is 1. The largest absolute Gasteiger partial charge is 0.444 e. The van der Waals surface area contributed by atoms with Crippen LogP contribution < -0.4 is 10.6 Å². The van der Waals surface area contributed by atoms with Gasteiger partial charge in [0.2, 0.25) is 0 Å². The molecule has 1 unspecified atom stereocenters. The number of nitrogens with one attached hydrogen (secondary N) is 2. The first-order valence-electron chi connectivity index (χ1n) is 11.0. The second-order valence-electron chi connectivity index (χ2n) is 9.23. The third-order valence-corrected chi connectivity index (χ3v) is 5.16. The Kier molecular flexibility index (Phi) is 9.10. The third kappa shape index (κ3) is 8.73. The second-order valence-corrected chi connectivity index (χ2v) is 9.23. The van der Waals surface area contributed by atoms with Crippen LogP contribution in [-0.2, 0) is 4.74 Å². The minimum absolute atomic E-state index is 0.0389. The van der Waals surface area contributed by atoms with Crippen LogP contribution in [0.5, 0.6) is 0 Å². The van der Waals surface area contributed by atoms with Gasteiger partial charge in [-0.05, 0) is 77.5 Å². The van der Waals surface area contributed by atoms with Gasteiger partial charge in [-0.25, -0.2) is 9.18 Å². The number of nitrogens with zero attached hydrogens (tertiary/aromatic N) is 1. The Hall–Kier alpha value is -2.35. The van der Waals surface area contributed by atoms with Crippen LogP contribution in [0, 0.1) is 11.7 Å². The van der Waals surface area contributed by atoms with E-state index in [9.17, 15) is 19.1 Å². The molecule has 2 amide bonds. The molecule has 0 radical (unpaired) electrons. The molecular weight excluding hydrogens is 401 g/mol. The number of hydrogen-bond donors (Lipinski definition) is 3. The molecule has 1 aliphatic heterocycles. The van der Waals surface area contributed by atoms with Gasteiger partial charge >= 0.3 is 6.09 Å². The van der Waals surface area contributed by atoms with Gasteiger partial charge in [0.05, 0.1) is 11.7 Å². The lowest BCUT2D eigenvalue weighted by atomic mass is 9.92. The van der Waals surface area contributed by atoms with Crippen LogP contribution >= 0.6 is 0 Å². The van der Waals surface area contributed by atoms with Crippen molar-refractivity contribution in [1.29, 1.82) is 0 Å². The van der Waals surface area contributed by atoms with Crippen molar-refractivity contribution in [2.45, 2.75) is 65.1 Å². The number of hydrogen-bond acceptors (Lipinski definition) is 5. The van der Waals surface area contributed by atoms with Crippen LogP contribution in [0.25, 0.3) is 0 Å². The predicted molar refractivity (Wildman–Crippen MR) is 119 cm³/mol. The van der Waals surface area contributed by atoms with Gasteiger partial charge in [-0.2, -0.15) is 0 Å². The maximum atomic E-state index is 14.2. The van der Waals surface area contributed by atoms with Crippen LogP contribution in [0.2, 0.25) is 0 Å². The highest BCUT2D eigenvalue weighted by atomic mass is 19.1. The summed E-state index contributed by atoms with van der Waals surface area (Å²) < 4.78 is 19.7. The van der Waals surface area contributed by atoms with Gasteiger partial charge < -0.3 is 25.4 Å². The molecule has 0 saturated carbocycles. The predicted octanol–water partition coefficient (Wildman–Crippen LogP) is 3.78. The number of rotatable bonds is 8. The number of piperidine rings is 1. The molecule has 0 spiro atoms. The van der Waals surface area contributed by atoms with Gasteiger partial charge in [-0.15, -0.1) is 0 Å². The fourth-order valence-electron chi connectivity index (χ4n) is 3.50. The highest BCUT2D eigenvalue weighted by Gasteiger charge is 2.26. The average Bonchev–Trinajstić information content (AvgIpc) is 2.68. The van der Waals surface area contributed by atoms with Gasteiger partial charge in [0.25, 0.3) is 5.91 Å². The first-order valence-corrected chi connectivity index (χ1v) is 11.0. The highest BCUT2D eigenvalue weighted by molar-refractivity contribution is 5.94. The Morgan fingerprint density at radius 1 is 1.29 bits per heavy atom. The lowest BCUT2D eigenvalue weighted by Crippen LogP contribution is -2.41. The van der Waals surface area contributed by atoms with Gasteiger partial charge in [0.15, 0.2) is 0 Å². The summed E-state index contributed by atoms with van der Waals surface area (Å²) in [6.45, 7) is 9.39. The minimum Gasteiger partial charge on any atom is -0.444 e. The first kappa shape index (κ1) is 24.9. The van der Waals surface area contributed by atoms with Crippen molar-refractivity contribution in [2.75, 3.05) is 31.5 Å². The summed E-state index contributed by atoms with van der Waals surface area (Å²) in [6.07, 6.45) is 2.98. The van der Waals surface area contributed by atoms with Crippen molar-refractivity contribution < 1.29 is 23.8 Å². The number of carbonyl (C=O) groups excluding carboxylic acids is 2. The molecule has 31 heavy (non-hydrogen) atoms. The van der Waals surface area contributed by atoms with Crippen LogP contribution in [0.15, 0.2) is 18.2 Å². The van der Waals surface area contributed by atoms with Crippen LogP contribution in [-0.4, -0.2) is 59.9 Å². The highest BCUT2D eigenvalue weighted by Crippen LogP contribution is 2.23. The standard InChI is InChI=1S/C23H36FN3O4/c1-16(28)15-26-21(29)19-8-7-18(14-20(19)24)25-11-5-6-17-9-12-27(13-10-17)22(30)31-23(2,3)4/h7-8,14,16-17,25,28H,5-6,9-13,15H2,1-4H3,(H,26,29). The van der Waals surface area contributed by atoms with E-state index in [4.69, 9.17) is 4.74 Å². The summed E-state index contributed by atoms with van der Waals surface area (Å²) in [5, 5.41) is 14.9. The van der Waals surface area contributed by atoms with Crippen molar-refractivity contribution in [1.82, 2.24) is 10.2 Å². The van der Waals surface area contributed by atoms with Crippen molar-refractivity contribution in [3.8, 4) is 0 Å². The molecule has 1 aromatic rings. The number of aliphatic hydroxyl groups excluding tert-OH is 1. The van der Waals surface area contributed by atoms with E-state index in [0.29, 0.717) is 18.2 Å². The zero-order valence-corrected chi connectivity index (χ0v) is 19.0. The van der Waals surface area contributed by atoms with Crippen LogP contribution in [0.1, 0.15) is 63.7 Å². The summed E-state index contributed by atoms with van der Waals surface area (Å²) in [6, 6.07) is 4.44. The van der Waals surface area contributed by atoms with E-state index in [1.807, 2.05) is 20.8 Å². The van der Waals surface area contributed by atoms with E-state index in [2.05, 4.69) is 10.6 Å². The van der Waals surface area contributed by atoms with E-state index >= 15 is 0 Å². The number of carbonyl (C=O) groups is 2. The van der Waals surface area contributed by atoms with Crippen LogP contribution in [0.3, 0.4) is 0 Å².